The maximum absolute atomic E-state index is 11.9. The van der Waals surface area contributed by atoms with E-state index in [4.69, 9.17) is 4.74 Å². The zero-order chi connectivity index (χ0) is 18.6. The van der Waals surface area contributed by atoms with Crippen LogP contribution in [0.1, 0.15) is 6.92 Å². The van der Waals surface area contributed by atoms with Crippen LogP contribution < -0.4 is 5.32 Å². The van der Waals surface area contributed by atoms with Gasteiger partial charge in [0.15, 0.2) is 12.3 Å². The summed E-state index contributed by atoms with van der Waals surface area (Å²) < 4.78 is 9.69. The third-order valence-corrected chi connectivity index (χ3v) is 3.81. The number of methoxy groups -OCH3 is 1. The van der Waals surface area contributed by atoms with E-state index in [1.807, 2.05) is 5.32 Å². The SMILES string of the molecule is COC[C@H](O)[C@@H](O)[C@H](O)[C@H](O)C(=O)N[C@H]1O[C@H](C)[C@@H](O)[C@H](O)[C@H]1O. The Morgan fingerprint density at radius 1 is 1.08 bits per heavy atom. The molecular weight excluding hydrogens is 330 g/mol. The Morgan fingerprint density at radius 2 is 1.67 bits per heavy atom. The third kappa shape index (κ3) is 4.81. The first-order chi connectivity index (χ1) is 11.1. The van der Waals surface area contributed by atoms with Crippen LogP contribution in [0.2, 0.25) is 0 Å². The van der Waals surface area contributed by atoms with E-state index >= 15 is 0 Å². The van der Waals surface area contributed by atoms with Crippen molar-refractivity contribution in [3.8, 4) is 0 Å². The molecule has 0 aromatic rings. The summed E-state index contributed by atoms with van der Waals surface area (Å²) in [6.45, 7) is 1.06. The minimum absolute atomic E-state index is 0.335. The Balaban J connectivity index is 2.66. The summed E-state index contributed by atoms with van der Waals surface area (Å²) in [5.74, 6) is -1.22. The molecule has 0 aromatic carbocycles. The van der Waals surface area contributed by atoms with Crippen molar-refractivity contribution in [1.82, 2.24) is 5.32 Å². The van der Waals surface area contributed by atoms with Crippen molar-refractivity contribution in [2.75, 3.05) is 13.7 Å². The molecule has 11 nitrogen and oxygen atoms in total. The molecule has 1 saturated heterocycles. The van der Waals surface area contributed by atoms with E-state index in [0.717, 1.165) is 0 Å². The lowest BCUT2D eigenvalue weighted by molar-refractivity contribution is -0.226. The molecule has 9 atom stereocenters. The highest BCUT2D eigenvalue weighted by Crippen LogP contribution is 2.19. The van der Waals surface area contributed by atoms with Crippen molar-refractivity contribution in [2.24, 2.45) is 0 Å². The number of nitrogens with one attached hydrogen (secondary N) is 1. The van der Waals surface area contributed by atoms with Gasteiger partial charge in [0.1, 0.15) is 36.6 Å². The van der Waals surface area contributed by atoms with Gasteiger partial charge in [0.25, 0.3) is 5.91 Å². The van der Waals surface area contributed by atoms with E-state index < -0.39 is 61.0 Å². The van der Waals surface area contributed by atoms with Crippen LogP contribution in [0.25, 0.3) is 0 Å². The van der Waals surface area contributed by atoms with Gasteiger partial charge in [0.05, 0.1) is 12.7 Å². The number of aliphatic hydroxyl groups excluding tert-OH is 7. The summed E-state index contributed by atoms with van der Waals surface area (Å²) in [6, 6.07) is 0. The molecule has 1 fully saturated rings. The minimum Gasteiger partial charge on any atom is -0.388 e. The van der Waals surface area contributed by atoms with Gasteiger partial charge in [0, 0.05) is 7.11 Å². The minimum atomic E-state index is -2.15. The highest BCUT2D eigenvalue weighted by Gasteiger charge is 2.44. The van der Waals surface area contributed by atoms with Gasteiger partial charge in [-0.15, -0.1) is 0 Å². The van der Waals surface area contributed by atoms with Gasteiger partial charge >= 0.3 is 0 Å². The summed E-state index contributed by atoms with van der Waals surface area (Å²) in [5.41, 5.74) is 0. The fourth-order valence-corrected chi connectivity index (χ4v) is 2.23. The van der Waals surface area contributed by atoms with Gasteiger partial charge in [-0.2, -0.15) is 0 Å². The fraction of sp³-hybridized carbons (Fsp3) is 0.923. The van der Waals surface area contributed by atoms with Crippen LogP contribution in [-0.4, -0.2) is 110 Å². The molecule has 1 rings (SSSR count). The van der Waals surface area contributed by atoms with Gasteiger partial charge in [-0.25, -0.2) is 0 Å². The molecule has 8 N–H and O–H groups in total. The summed E-state index contributed by atoms with van der Waals surface area (Å²) in [5, 5.41) is 69.6. The van der Waals surface area contributed by atoms with Crippen molar-refractivity contribution >= 4 is 5.91 Å². The molecule has 0 unspecified atom stereocenters. The molecular formula is C13H25NO10. The van der Waals surface area contributed by atoms with E-state index in [0.29, 0.717) is 0 Å². The maximum Gasteiger partial charge on any atom is 0.253 e. The third-order valence-electron chi connectivity index (χ3n) is 3.81. The number of amides is 1. The number of carbonyl (C=O) groups is 1. The van der Waals surface area contributed by atoms with E-state index in [2.05, 4.69) is 4.74 Å². The second-order valence-electron chi connectivity index (χ2n) is 5.69. The molecule has 1 heterocycles. The first kappa shape index (κ1) is 21.2. The van der Waals surface area contributed by atoms with Gasteiger partial charge < -0.3 is 50.5 Å². The average Bonchev–Trinajstić information content (AvgIpc) is 2.55. The van der Waals surface area contributed by atoms with Crippen LogP contribution in [-0.2, 0) is 14.3 Å². The predicted molar refractivity (Wildman–Crippen MR) is 76.4 cm³/mol. The highest BCUT2D eigenvalue weighted by atomic mass is 16.5. The Kier molecular flexibility index (Phi) is 7.92. The number of hydrogen-bond acceptors (Lipinski definition) is 10. The largest absolute Gasteiger partial charge is 0.388 e. The summed E-state index contributed by atoms with van der Waals surface area (Å²) in [6.07, 6.45) is -14.6. The van der Waals surface area contributed by atoms with Gasteiger partial charge in [-0.1, -0.05) is 0 Å². The number of aliphatic hydroxyl groups is 7. The standard InChI is InChI=1S/C13H25NO10/c1-4-6(16)8(18)11(21)13(24-4)14-12(22)10(20)9(19)7(17)5(15)3-23-2/h4-11,13,15-21H,3H2,1-2H3,(H,14,22)/t4-,5+,6-,7-,8+,9+,10+,11-,13+/m1/s1. The van der Waals surface area contributed by atoms with E-state index in [1.54, 1.807) is 0 Å². The van der Waals surface area contributed by atoms with Crippen molar-refractivity contribution in [1.29, 1.82) is 0 Å². The summed E-state index contributed by atoms with van der Waals surface area (Å²) in [7, 11) is 1.24. The second kappa shape index (κ2) is 8.99. The van der Waals surface area contributed by atoms with Gasteiger partial charge in [0.2, 0.25) is 0 Å². The molecule has 0 saturated carbocycles. The molecule has 1 aliphatic heterocycles. The molecule has 0 radical (unpaired) electrons. The maximum atomic E-state index is 11.9. The molecule has 1 aliphatic rings. The zero-order valence-corrected chi connectivity index (χ0v) is 13.3. The zero-order valence-electron chi connectivity index (χ0n) is 13.3. The van der Waals surface area contributed by atoms with Crippen LogP contribution in [0, 0.1) is 0 Å². The quantitative estimate of drug-likeness (QED) is 0.219. The Morgan fingerprint density at radius 3 is 2.21 bits per heavy atom. The van der Waals surface area contributed by atoms with Crippen molar-refractivity contribution in [2.45, 2.75) is 62.0 Å². The van der Waals surface area contributed by atoms with Crippen LogP contribution in [0.15, 0.2) is 0 Å². The molecule has 142 valence electrons. The lowest BCUT2D eigenvalue weighted by Crippen LogP contribution is -2.63. The van der Waals surface area contributed by atoms with Crippen LogP contribution in [0.4, 0.5) is 0 Å². The van der Waals surface area contributed by atoms with Crippen molar-refractivity contribution in [3.63, 3.8) is 0 Å². The lowest BCUT2D eigenvalue weighted by atomic mass is 9.98. The molecule has 1 amide bonds. The predicted octanol–water partition coefficient (Wildman–Crippen LogP) is -4.98. The van der Waals surface area contributed by atoms with Gasteiger partial charge in [-0.3, -0.25) is 4.79 Å². The van der Waals surface area contributed by atoms with E-state index in [9.17, 15) is 40.5 Å². The van der Waals surface area contributed by atoms with E-state index in [-0.39, 0.29) is 6.61 Å². The molecule has 11 heteroatoms. The van der Waals surface area contributed by atoms with Crippen molar-refractivity contribution in [3.05, 3.63) is 0 Å². The normalized spacial score (nSPS) is 35.8. The Hall–Kier alpha value is -0.890. The smallest absolute Gasteiger partial charge is 0.253 e. The number of carbonyl (C=O) groups excluding carboxylic acids is 1. The van der Waals surface area contributed by atoms with Crippen molar-refractivity contribution < 1.29 is 50.0 Å². The summed E-state index contributed by atoms with van der Waals surface area (Å²) >= 11 is 0. The van der Waals surface area contributed by atoms with Crippen LogP contribution >= 0.6 is 0 Å². The number of hydrogen-bond donors (Lipinski definition) is 8. The highest BCUT2D eigenvalue weighted by molar-refractivity contribution is 5.81. The molecule has 0 aliphatic carbocycles. The van der Waals surface area contributed by atoms with Crippen LogP contribution in [0.3, 0.4) is 0 Å². The number of rotatable bonds is 7. The van der Waals surface area contributed by atoms with E-state index in [1.165, 1.54) is 14.0 Å². The molecule has 24 heavy (non-hydrogen) atoms. The lowest BCUT2D eigenvalue weighted by Gasteiger charge is -2.39. The summed E-state index contributed by atoms with van der Waals surface area (Å²) in [4.78, 5) is 11.9. The van der Waals surface area contributed by atoms with Gasteiger partial charge in [-0.05, 0) is 6.92 Å². The average molecular weight is 355 g/mol. The first-order valence-electron chi connectivity index (χ1n) is 7.33. The second-order valence-corrected chi connectivity index (χ2v) is 5.69. The Labute approximate surface area is 138 Å². The van der Waals surface area contributed by atoms with Crippen LogP contribution in [0.5, 0.6) is 0 Å². The monoisotopic (exact) mass is 355 g/mol. The number of ether oxygens (including phenoxy) is 2. The molecule has 0 spiro atoms. The molecule has 0 bridgehead atoms. The fourth-order valence-electron chi connectivity index (χ4n) is 2.23. The first-order valence-corrected chi connectivity index (χ1v) is 7.33. The topological polar surface area (TPSA) is 189 Å². The Bertz CT molecular complexity index is 410. The molecule has 0 aromatic heterocycles.